The summed E-state index contributed by atoms with van der Waals surface area (Å²) in [7, 11) is 0. The molecule has 1 atom stereocenters. The number of fused-ring (bicyclic) bond motifs is 1. The van der Waals surface area contributed by atoms with Crippen LogP contribution in [0.25, 0.3) is 0 Å². The number of aromatic nitrogens is 1. The molecule has 1 saturated heterocycles. The molecule has 2 amide bonds. The van der Waals surface area contributed by atoms with E-state index >= 15 is 0 Å². The number of hydrogen-bond donors (Lipinski definition) is 3. The third-order valence-electron chi connectivity index (χ3n) is 6.36. The number of pyridine rings is 1. The maximum Gasteiger partial charge on any atom is 0.251 e. The molecule has 8 heteroatoms. The molecule has 1 aromatic heterocycles. The molecule has 2 heterocycles. The molecule has 1 aliphatic heterocycles. The van der Waals surface area contributed by atoms with Crippen molar-refractivity contribution in [1.29, 1.82) is 0 Å². The van der Waals surface area contributed by atoms with Crippen LogP contribution in [0.4, 0.5) is 0 Å². The van der Waals surface area contributed by atoms with E-state index in [1.165, 1.54) is 11.1 Å². The first-order valence-corrected chi connectivity index (χ1v) is 11.6. The van der Waals surface area contributed by atoms with Gasteiger partial charge in [-0.3, -0.25) is 9.59 Å². The van der Waals surface area contributed by atoms with Crippen LogP contribution >= 0.6 is 0 Å². The van der Waals surface area contributed by atoms with Gasteiger partial charge in [-0.1, -0.05) is 24.3 Å². The van der Waals surface area contributed by atoms with Gasteiger partial charge in [-0.25, -0.2) is 4.98 Å². The smallest absolute Gasteiger partial charge is 0.251 e. The lowest BCUT2D eigenvalue weighted by Crippen LogP contribution is -2.42. The van der Waals surface area contributed by atoms with Crippen LogP contribution in [0, 0.1) is 0 Å². The lowest BCUT2D eigenvalue weighted by molar-refractivity contribution is -0.130. The number of carbonyl (C=O) groups excluding carboxylic acids is 2. The Morgan fingerprint density at radius 2 is 1.85 bits per heavy atom. The zero-order chi connectivity index (χ0) is 23.2. The quantitative estimate of drug-likeness (QED) is 0.558. The second kappa shape index (κ2) is 10.8. The molecule has 1 aliphatic carbocycles. The van der Waals surface area contributed by atoms with Crippen LogP contribution in [0.5, 0.6) is 5.88 Å². The Bertz CT molecular complexity index is 949. The van der Waals surface area contributed by atoms with Crippen LogP contribution in [0.15, 0.2) is 42.6 Å². The molecule has 33 heavy (non-hydrogen) atoms. The molecule has 1 fully saturated rings. The zero-order valence-corrected chi connectivity index (χ0v) is 19.0. The van der Waals surface area contributed by atoms with Crippen molar-refractivity contribution in [2.75, 3.05) is 26.2 Å². The van der Waals surface area contributed by atoms with Gasteiger partial charge in [0.15, 0.2) is 0 Å². The van der Waals surface area contributed by atoms with E-state index in [0.29, 0.717) is 37.1 Å². The van der Waals surface area contributed by atoms with Crippen LogP contribution < -0.4 is 15.4 Å². The summed E-state index contributed by atoms with van der Waals surface area (Å²) in [4.78, 5) is 30.0. The van der Waals surface area contributed by atoms with E-state index in [9.17, 15) is 14.7 Å². The number of likely N-dealkylation sites (tertiary alicyclic amines) is 1. The molecule has 0 saturated carbocycles. The number of aliphatic hydroxyl groups excluding tert-OH is 1. The highest BCUT2D eigenvalue weighted by atomic mass is 16.5. The van der Waals surface area contributed by atoms with Gasteiger partial charge in [-0.05, 0) is 30.0 Å². The average molecular weight is 453 g/mol. The average Bonchev–Trinajstić information content (AvgIpc) is 3.25. The number of rotatable bonds is 8. The van der Waals surface area contributed by atoms with E-state index in [4.69, 9.17) is 4.74 Å². The van der Waals surface area contributed by atoms with Gasteiger partial charge >= 0.3 is 0 Å². The Kier molecular flexibility index (Phi) is 7.57. The van der Waals surface area contributed by atoms with E-state index < -0.39 is 6.10 Å². The van der Waals surface area contributed by atoms with Gasteiger partial charge in [-0.2, -0.15) is 0 Å². The van der Waals surface area contributed by atoms with E-state index in [0.717, 1.165) is 25.7 Å². The van der Waals surface area contributed by atoms with Gasteiger partial charge in [0, 0.05) is 69.8 Å². The monoisotopic (exact) mass is 452 g/mol. The first kappa shape index (κ1) is 23.2. The molecule has 4 rings (SSSR count). The SMILES string of the molecule is CC(=O)N1CCC(Oc2cc(C(=O)NC[C@H](O)CNC3Cc4ccccc4C3)ccn2)CC1. The summed E-state index contributed by atoms with van der Waals surface area (Å²) in [6.07, 6.45) is 4.24. The molecule has 2 aromatic rings. The van der Waals surface area contributed by atoms with Crippen LogP contribution in [-0.4, -0.2) is 71.2 Å². The molecule has 1 aromatic carbocycles. The zero-order valence-electron chi connectivity index (χ0n) is 19.0. The van der Waals surface area contributed by atoms with Crippen molar-refractivity contribution in [1.82, 2.24) is 20.5 Å². The number of nitrogens with zero attached hydrogens (tertiary/aromatic N) is 2. The Morgan fingerprint density at radius 3 is 2.52 bits per heavy atom. The second-order valence-corrected chi connectivity index (χ2v) is 8.85. The van der Waals surface area contributed by atoms with Gasteiger partial charge in [0.1, 0.15) is 6.10 Å². The number of carbonyl (C=O) groups is 2. The van der Waals surface area contributed by atoms with Crippen molar-refractivity contribution in [3.63, 3.8) is 0 Å². The van der Waals surface area contributed by atoms with Gasteiger partial charge in [0.2, 0.25) is 11.8 Å². The summed E-state index contributed by atoms with van der Waals surface area (Å²) in [5.41, 5.74) is 3.16. The largest absolute Gasteiger partial charge is 0.474 e. The molecule has 176 valence electrons. The van der Waals surface area contributed by atoms with E-state index in [2.05, 4.69) is 39.9 Å². The molecule has 2 aliphatic rings. The third-order valence-corrected chi connectivity index (χ3v) is 6.36. The van der Waals surface area contributed by atoms with Gasteiger partial charge in [0.25, 0.3) is 5.91 Å². The Labute approximate surface area is 194 Å². The molecule has 0 radical (unpaired) electrons. The first-order chi connectivity index (χ1) is 16.0. The number of ether oxygens (including phenoxy) is 1. The minimum Gasteiger partial charge on any atom is -0.474 e. The number of benzene rings is 1. The van der Waals surface area contributed by atoms with Gasteiger partial charge < -0.3 is 25.4 Å². The summed E-state index contributed by atoms with van der Waals surface area (Å²) in [6, 6.07) is 12.0. The van der Waals surface area contributed by atoms with Crippen LogP contribution in [-0.2, 0) is 17.6 Å². The highest BCUT2D eigenvalue weighted by Crippen LogP contribution is 2.21. The van der Waals surface area contributed by atoms with Crippen LogP contribution in [0.1, 0.15) is 41.3 Å². The molecular weight excluding hydrogens is 420 g/mol. The van der Waals surface area contributed by atoms with E-state index in [1.54, 1.807) is 25.3 Å². The Morgan fingerprint density at radius 1 is 1.15 bits per heavy atom. The van der Waals surface area contributed by atoms with E-state index in [1.807, 2.05) is 4.90 Å². The summed E-state index contributed by atoms with van der Waals surface area (Å²) >= 11 is 0. The number of aliphatic hydroxyl groups is 1. The maximum atomic E-state index is 12.6. The fourth-order valence-electron chi connectivity index (χ4n) is 4.47. The minimum atomic E-state index is -0.679. The maximum absolute atomic E-state index is 12.6. The molecule has 0 unspecified atom stereocenters. The van der Waals surface area contributed by atoms with Crippen molar-refractivity contribution in [3.8, 4) is 5.88 Å². The first-order valence-electron chi connectivity index (χ1n) is 11.6. The summed E-state index contributed by atoms with van der Waals surface area (Å²) in [6.45, 7) is 3.49. The number of piperidine rings is 1. The Hall–Kier alpha value is -2.97. The molecule has 0 bridgehead atoms. The topological polar surface area (TPSA) is 104 Å². The van der Waals surface area contributed by atoms with Crippen molar-refractivity contribution >= 4 is 11.8 Å². The number of nitrogens with one attached hydrogen (secondary N) is 2. The molecule has 0 spiro atoms. The van der Waals surface area contributed by atoms with Gasteiger partial charge in [-0.15, -0.1) is 0 Å². The second-order valence-electron chi connectivity index (χ2n) is 8.85. The van der Waals surface area contributed by atoms with Crippen molar-refractivity contribution in [2.24, 2.45) is 0 Å². The lowest BCUT2D eigenvalue weighted by Gasteiger charge is -2.31. The normalized spacial score (nSPS) is 17.5. The fraction of sp³-hybridized carbons (Fsp3) is 0.480. The predicted molar refractivity (Wildman–Crippen MR) is 124 cm³/mol. The minimum absolute atomic E-state index is 0.0268. The van der Waals surface area contributed by atoms with Crippen molar-refractivity contribution in [2.45, 2.75) is 50.9 Å². The van der Waals surface area contributed by atoms with Crippen LogP contribution in [0.3, 0.4) is 0 Å². The highest BCUT2D eigenvalue weighted by Gasteiger charge is 2.23. The summed E-state index contributed by atoms with van der Waals surface area (Å²) in [5, 5.41) is 16.5. The predicted octanol–water partition coefficient (Wildman–Crippen LogP) is 1.32. The Balaban J connectivity index is 1.19. The standard InChI is InChI=1S/C25H32N4O4/c1-17(30)29-10-7-23(8-11-29)33-24-14-20(6-9-26-24)25(32)28-16-22(31)15-27-21-12-18-4-2-3-5-19(18)13-21/h2-6,9,14,21-23,27,31H,7-8,10-13,15-16H2,1H3,(H,28,32)/t22-/m1/s1. The molecular formula is C25H32N4O4. The van der Waals surface area contributed by atoms with Crippen molar-refractivity contribution < 1.29 is 19.4 Å². The van der Waals surface area contributed by atoms with Crippen molar-refractivity contribution in [3.05, 3.63) is 59.3 Å². The van der Waals surface area contributed by atoms with Crippen LogP contribution in [0.2, 0.25) is 0 Å². The van der Waals surface area contributed by atoms with Gasteiger partial charge in [0.05, 0.1) is 6.10 Å². The van der Waals surface area contributed by atoms with E-state index in [-0.39, 0.29) is 24.5 Å². The number of hydrogen-bond acceptors (Lipinski definition) is 6. The highest BCUT2D eigenvalue weighted by molar-refractivity contribution is 5.94. The summed E-state index contributed by atoms with van der Waals surface area (Å²) in [5.74, 6) is 0.198. The molecule has 8 nitrogen and oxygen atoms in total. The molecule has 3 N–H and O–H groups in total. The summed E-state index contributed by atoms with van der Waals surface area (Å²) < 4.78 is 5.93. The lowest BCUT2D eigenvalue weighted by atomic mass is 10.1. The third kappa shape index (κ3) is 6.30. The fourth-order valence-corrected chi connectivity index (χ4v) is 4.47. The number of amides is 2.